The maximum Gasteiger partial charge on any atom is 0.154 e. The van der Waals surface area contributed by atoms with E-state index in [1.165, 1.54) is 0 Å². The number of hydrogen-bond acceptors (Lipinski definition) is 3. The normalized spacial score (nSPS) is 10.8. The van der Waals surface area contributed by atoms with Gasteiger partial charge in [0.2, 0.25) is 0 Å². The first-order chi connectivity index (χ1) is 11.3. The second-order valence-corrected chi connectivity index (χ2v) is 5.28. The van der Waals surface area contributed by atoms with Gasteiger partial charge in [0.25, 0.3) is 0 Å². The van der Waals surface area contributed by atoms with Crippen molar-refractivity contribution in [3.05, 3.63) is 89.2 Å². The highest BCUT2D eigenvalue weighted by molar-refractivity contribution is 6.31. The van der Waals surface area contributed by atoms with Crippen LogP contribution in [0.1, 0.15) is 11.1 Å². The van der Waals surface area contributed by atoms with Gasteiger partial charge in [-0.1, -0.05) is 54.1 Å². The summed E-state index contributed by atoms with van der Waals surface area (Å²) in [6.07, 6.45) is 3.39. The summed E-state index contributed by atoms with van der Waals surface area (Å²) in [7, 11) is 0. The summed E-state index contributed by atoms with van der Waals surface area (Å²) in [6, 6.07) is 21.5. The van der Waals surface area contributed by atoms with Crippen LogP contribution in [-0.2, 0) is 6.61 Å². The molecule has 3 aromatic rings. The molecule has 1 heterocycles. The van der Waals surface area contributed by atoms with E-state index >= 15 is 0 Å². The van der Waals surface area contributed by atoms with Gasteiger partial charge in [0.1, 0.15) is 18.0 Å². The van der Waals surface area contributed by atoms with Crippen LogP contribution in [-0.4, -0.2) is 11.2 Å². The summed E-state index contributed by atoms with van der Waals surface area (Å²) < 4.78 is 5.81. The minimum atomic E-state index is 0.389. The Labute approximate surface area is 140 Å². The monoisotopic (exact) mass is 322 g/mol. The lowest BCUT2D eigenvalue weighted by molar-refractivity contribution is 0.306. The quantitative estimate of drug-likeness (QED) is 0.486. The number of nitrogens with zero attached hydrogens (tertiary/aromatic N) is 2. The molecule has 0 saturated carbocycles. The summed E-state index contributed by atoms with van der Waals surface area (Å²) in [5.74, 6) is 0.801. The largest absolute Gasteiger partial charge is 0.489 e. The van der Waals surface area contributed by atoms with Crippen molar-refractivity contribution in [1.29, 1.82) is 0 Å². The molecular formula is C19H15ClN2O. The molecule has 3 rings (SSSR count). The average Bonchev–Trinajstić information content (AvgIpc) is 2.61. The van der Waals surface area contributed by atoms with Crippen molar-refractivity contribution in [1.82, 2.24) is 4.98 Å². The number of aromatic nitrogens is 1. The Balaban J connectivity index is 1.69. The molecule has 0 aliphatic heterocycles. The van der Waals surface area contributed by atoms with Crippen LogP contribution < -0.4 is 4.74 Å². The third kappa shape index (κ3) is 4.41. The number of halogens is 1. The molecule has 0 fully saturated rings. The van der Waals surface area contributed by atoms with E-state index < -0.39 is 0 Å². The minimum Gasteiger partial charge on any atom is -0.489 e. The zero-order valence-corrected chi connectivity index (χ0v) is 13.1. The molecule has 0 bridgehead atoms. The van der Waals surface area contributed by atoms with Crippen LogP contribution in [0.15, 0.2) is 77.9 Å². The van der Waals surface area contributed by atoms with Gasteiger partial charge in [-0.25, -0.2) is 4.98 Å². The van der Waals surface area contributed by atoms with E-state index in [0.29, 0.717) is 17.4 Å². The number of pyridine rings is 1. The van der Waals surface area contributed by atoms with Gasteiger partial charge in [-0.2, -0.15) is 0 Å². The second-order valence-electron chi connectivity index (χ2n) is 4.92. The van der Waals surface area contributed by atoms with Gasteiger partial charge in [0.05, 0.1) is 0 Å². The Kier molecular flexibility index (Phi) is 5.02. The molecule has 23 heavy (non-hydrogen) atoms. The minimum absolute atomic E-state index is 0.389. The van der Waals surface area contributed by atoms with Crippen LogP contribution in [0, 0.1) is 0 Å². The van der Waals surface area contributed by atoms with E-state index in [4.69, 9.17) is 16.3 Å². The highest BCUT2D eigenvalue weighted by Gasteiger charge is 1.99. The van der Waals surface area contributed by atoms with Gasteiger partial charge in [-0.15, -0.1) is 0 Å². The zero-order valence-electron chi connectivity index (χ0n) is 12.4. The molecule has 0 unspecified atom stereocenters. The molecule has 0 radical (unpaired) electrons. The predicted molar refractivity (Wildman–Crippen MR) is 93.7 cm³/mol. The summed E-state index contributed by atoms with van der Waals surface area (Å²) in [5, 5.41) is 0.389. The van der Waals surface area contributed by atoms with Crippen molar-refractivity contribution in [3.63, 3.8) is 0 Å². The molecule has 0 saturated heterocycles. The van der Waals surface area contributed by atoms with Gasteiger partial charge in [-0.05, 0) is 35.4 Å². The number of ether oxygens (including phenoxy) is 1. The standard InChI is InChI=1S/C19H15ClN2O/c20-19-18(10-5-11-21-19)22-13-16-8-4-9-17(12-16)23-14-15-6-2-1-3-7-15/h1-13H,14H2. The molecule has 114 valence electrons. The molecule has 4 heteroatoms. The third-order valence-corrected chi connectivity index (χ3v) is 3.49. The smallest absolute Gasteiger partial charge is 0.154 e. The fourth-order valence-corrected chi connectivity index (χ4v) is 2.21. The van der Waals surface area contributed by atoms with Crippen molar-refractivity contribution < 1.29 is 4.74 Å². The van der Waals surface area contributed by atoms with Crippen molar-refractivity contribution in [2.45, 2.75) is 6.61 Å². The van der Waals surface area contributed by atoms with Crippen molar-refractivity contribution >= 4 is 23.5 Å². The molecule has 2 aromatic carbocycles. The van der Waals surface area contributed by atoms with Crippen LogP contribution in [0.4, 0.5) is 5.69 Å². The molecule has 0 aliphatic carbocycles. The average molecular weight is 323 g/mol. The van der Waals surface area contributed by atoms with Crippen molar-refractivity contribution in [2.24, 2.45) is 4.99 Å². The van der Waals surface area contributed by atoms with Crippen LogP contribution in [0.25, 0.3) is 0 Å². The first kappa shape index (κ1) is 15.3. The van der Waals surface area contributed by atoms with E-state index in [-0.39, 0.29) is 0 Å². The number of aliphatic imine (C=N–C) groups is 1. The van der Waals surface area contributed by atoms with Gasteiger partial charge >= 0.3 is 0 Å². The summed E-state index contributed by atoms with van der Waals surface area (Å²) in [5.41, 5.74) is 2.72. The first-order valence-electron chi connectivity index (χ1n) is 7.23. The van der Waals surface area contributed by atoms with Gasteiger partial charge in [-0.3, -0.25) is 4.99 Å². The Bertz CT molecular complexity index is 803. The van der Waals surface area contributed by atoms with E-state index in [1.54, 1.807) is 18.5 Å². The number of rotatable bonds is 5. The fourth-order valence-electron chi connectivity index (χ4n) is 2.04. The molecule has 0 amide bonds. The summed E-state index contributed by atoms with van der Waals surface area (Å²) in [6.45, 7) is 0.538. The highest BCUT2D eigenvalue weighted by atomic mass is 35.5. The summed E-state index contributed by atoms with van der Waals surface area (Å²) >= 11 is 5.99. The number of hydrogen-bond donors (Lipinski definition) is 0. The molecule has 1 aromatic heterocycles. The third-order valence-electron chi connectivity index (χ3n) is 3.20. The Morgan fingerprint density at radius 1 is 1.00 bits per heavy atom. The van der Waals surface area contributed by atoms with Crippen LogP contribution in [0.2, 0.25) is 5.15 Å². The Morgan fingerprint density at radius 2 is 1.87 bits per heavy atom. The fraction of sp³-hybridized carbons (Fsp3) is 0.0526. The zero-order chi connectivity index (χ0) is 15.9. The second kappa shape index (κ2) is 7.56. The molecule has 0 spiro atoms. The SMILES string of the molecule is Clc1ncccc1N=Cc1cccc(OCc2ccccc2)c1. The van der Waals surface area contributed by atoms with Crippen molar-refractivity contribution in [2.75, 3.05) is 0 Å². The van der Waals surface area contributed by atoms with Gasteiger partial charge in [0.15, 0.2) is 5.15 Å². The topological polar surface area (TPSA) is 34.5 Å². The van der Waals surface area contributed by atoms with E-state index in [2.05, 4.69) is 9.98 Å². The van der Waals surface area contributed by atoms with E-state index in [0.717, 1.165) is 16.9 Å². The molecule has 0 N–H and O–H groups in total. The van der Waals surface area contributed by atoms with Crippen LogP contribution in [0.5, 0.6) is 5.75 Å². The maximum absolute atomic E-state index is 5.99. The van der Waals surface area contributed by atoms with E-state index in [1.807, 2.05) is 60.7 Å². The van der Waals surface area contributed by atoms with Crippen LogP contribution >= 0.6 is 11.6 Å². The van der Waals surface area contributed by atoms with Gasteiger partial charge in [0, 0.05) is 12.4 Å². The molecular weight excluding hydrogens is 308 g/mol. The molecule has 0 atom stereocenters. The highest BCUT2D eigenvalue weighted by Crippen LogP contribution is 2.21. The summed E-state index contributed by atoms with van der Waals surface area (Å²) in [4.78, 5) is 8.36. The maximum atomic E-state index is 5.99. The lowest BCUT2D eigenvalue weighted by Crippen LogP contribution is -1.95. The Morgan fingerprint density at radius 3 is 2.70 bits per heavy atom. The number of benzene rings is 2. The van der Waals surface area contributed by atoms with Crippen LogP contribution in [0.3, 0.4) is 0 Å². The molecule has 3 nitrogen and oxygen atoms in total. The Hall–Kier alpha value is -2.65. The predicted octanol–water partition coefficient (Wildman–Crippen LogP) is 5.06. The van der Waals surface area contributed by atoms with E-state index in [9.17, 15) is 0 Å². The first-order valence-corrected chi connectivity index (χ1v) is 7.60. The van der Waals surface area contributed by atoms with Crippen molar-refractivity contribution in [3.8, 4) is 5.75 Å². The lowest BCUT2D eigenvalue weighted by Gasteiger charge is -2.06. The van der Waals surface area contributed by atoms with Gasteiger partial charge < -0.3 is 4.74 Å². The lowest BCUT2D eigenvalue weighted by atomic mass is 10.2. The molecule has 0 aliphatic rings.